The van der Waals surface area contributed by atoms with E-state index in [9.17, 15) is 91.0 Å². The van der Waals surface area contributed by atoms with Gasteiger partial charge in [0.25, 0.3) is 0 Å². The van der Waals surface area contributed by atoms with Crippen LogP contribution in [0.1, 0.15) is 34.6 Å². The van der Waals surface area contributed by atoms with E-state index in [1.165, 1.54) is 13.8 Å². The molecule has 6 heterocycles. The van der Waals surface area contributed by atoms with E-state index < -0.39 is 228 Å². The number of aliphatic hydroxyl groups excluding tert-OH is 15. The van der Waals surface area contributed by atoms with Crippen molar-refractivity contribution < 1.29 is 143 Å². The zero-order valence-electron chi connectivity index (χ0n) is 40.6. The molecule has 32 nitrogen and oxygen atoms in total. The Labute approximate surface area is 421 Å². The Hall–Kier alpha value is -2.63. The maximum absolute atomic E-state index is 12.4. The van der Waals surface area contributed by atoms with Crippen molar-refractivity contribution in [2.75, 3.05) is 26.4 Å². The number of carbonyl (C=O) groups excluding carboxylic acids is 3. The fourth-order valence-electron chi connectivity index (χ4n) is 9.42. The van der Waals surface area contributed by atoms with Crippen molar-refractivity contribution in [1.29, 1.82) is 0 Å². The summed E-state index contributed by atoms with van der Waals surface area (Å²) in [6.07, 6.45) is -46.4. The highest BCUT2D eigenvalue weighted by Crippen LogP contribution is 2.34. The van der Waals surface area contributed by atoms with Gasteiger partial charge in [-0.25, -0.2) is 0 Å². The molecule has 6 aliphatic heterocycles. The summed E-state index contributed by atoms with van der Waals surface area (Å²) >= 11 is 0. The van der Waals surface area contributed by atoms with E-state index >= 15 is 0 Å². The number of amides is 3. The molecule has 0 saturated carbocycles. The Bertz CT molecular complexity index is 1830. The molecule has 0 spiro atoms. The second-order valence-corrected chi connectivity index (χ2v) is 19.0. The minimum atomic E-state index is -2.13. The van der Waals surface area contributed by atoms with Crippen molar-refractivity contribution in [3.63, 3.8) is 0 Å². The third-order valence-electron chi connectivity index (χ3n) is 13.5. The second kappa shape index (κ2) is 25.9. The van der Waals surface area contributed by atoms with Gasteiger partial charge >= 0.3 is 0 Å². The standard InChI is InChI=1S/C42H71N3O29/c1-10-22(51)28(57)31(60)40(66-10)72-34-15(6-46)69-38(19(26(34)55)43-12(3)48)64-8-17-24(53)30(59)33(62)42(71-17)74-36-21(45-14(5)50)37(63)68-18(25(36)54)9-65-39-20(44-13(4)49)27(56)35(16(7-47)70-39)73-41-32(61)29(58)23(52)11(2)67-41/h10-11,15-42,46-47,51-63H,6-9H2,1-5H3,(H,43,48)(H,44,49)(H,45,50)/t10-,11-,15+,16+,17+,18+,19+,20+,21+,22+,23+,24-,25-,26+,27+,28+,29+,30-,31-,32-,33+,34+,35+,36+,37-,38+,39+,40-,41-,42-/m0/s1. The summed E-state index contributed by atoms with van der Waals surface area (Å²) in [5.74, 6) is -2.26. The average Bonchev–Trinajstić information content (AvgIpc) is 3.34. The van der Waals surface area contributed by atoms with Crippen LogP contribution in [0.3, 0.4) is 0 Å². The van der Waals surface area contributed by atoms with Gasteiger partial charge in [0.1, 0.15) is 134 Å². The summed E-state index contributed by atoms with van der Waals surface area (Å²) in [4.78, 5) is 37.0. The van der Waals surface area contributed by atoms with E-state index in [0.717, 1.165) is 20.8 Å². The number of hydrogen-bond acceptors (Lipinski definition) is 29. The lowest BCUT2D eigenvalue weighted by Gasteiger charge is -2.48. The monoisotopic (exact) mass is 1080 g/mol. The van der Waals surface area contributed by atoms with E-state index in [1.807, 2.05) is 0 Å². The first-order valence-corrected chi connectivity index (χ1v) is 23.8. The number of aliphatic hydroxyl groups is 15. The Balaban J connectivity index is 1.15. The van der Waals surface area contributed by atoms with Gasteiger partial charge in [-0.3, -0.25) is 14.4 Å². The van der Waals surface area contributed by atoms with Gasteiger partial charge in [0.2, 0.25) is 17.7 Å². The van der Waals surface area contributed by atoms with Crippen LogP contribution < -0.4 is 16.0 Å². The van der Waals surface area contributed by atoms with Crippen molar-refractivity contribution >= 4 is 17.7 Å². The lowest BCUT2D eigenvalue weighted by Crippen LogP contribution is -2.69. The van der Waals surface area contributed by atoms with Crippen molar-refractivity contribution in [2.24, 2.45) is 0 Å². The van der Waals surface area contributed by atoms with E-state index in [2.05, 4.69) is 16.0 Å². The molecule has 0 aromatic carbocycles. The van der Waals surface area contributed by atoms with Gasteiger partial charge in [0, 0.05) is 20.8 Å². The van der Waals surface area contributed by atoms with Crippen LogP contribution in [0.2, 0.25) is 0 Å². The van der Waals surface area contributed by atoms with Crippen LogP contribution in [0.5, 0.6) is 0 Å². The van der Waals surface area contributed by atoms with Crippen molar-refractivity contribution in [3.05, 3.63) is 0 Å². The molecule has 0 aliphatic carbocycles. The van der Waals surface area contributed by atoms with Gasteiger partial charge in [0.05, 0.1) is 38.6 Å². The van der Waals surface area contributed by atoms with E-state index in [0.29, 0.717) is 0 Å². The molecule has 74 heavy (non-hydrogen) atoms. The minimum Gasteiger partial charge on any atom is -0.394 e. The van der Waals surface area contributed by atoms with Crippen molar-refractivity contribution in [2.45, 2.75) is 219 Å². The van der Waals surface area contributed by atoms with E-state index in [-0.39, 0.29) is 0 Å². The maximum Gasteiger partial charge on any atom is 0.217 e. The topological polar surface area (TPSA) is 492 Å². The Morgan fingerprint density at radius 1 is 0.378 bits per heavy atom. The first kappa shape index (κ1) is 60.6. The molecule has 0 radical (unpaired) electrons. The summed E-state index contributed by atoms with van der Waals surface area (Å²) in [5, 5.41) is 169. The summed E-state index contributed by atoms with van der Waals surface area (Å²) < 4.78 is 63.1. The summed E-state index contributed by atoms with van der Waals surface area (Å²) in [5.41, 5.74) is 0. The van der Waals surface area contributed by atoms with Gasteiger partial charge in [-0.1, -0.05) is 0 Å². The van der Waals surface area contributed by atoms with Gasteiger partial charge < -0.3 is 145 Å². The fourth-order valence-corrected chi connectivity index (χ4v) is 9.42. The molecule has 6 aliphatic rings. The van der Waals surface area contributed by atoms with Crippen LogP contribution in [-0.2, 0) is 66.5 Å². The van der Waals surface area contributed by atoms with Crippen LogP contribution in [-0.4, -0.2) is 305 Å². The number of ether oxygens (including phenoxy) is 11. The molecule has 32 heteroatoms. The highest BCUT2D eigenvalue weighted by molar-refractivity contribution is 5.74. The molecule has 18 N–H and O–H groups in total. The Morgan fingerprint density at radius 3 is 1.11 bits per heavy atom. The first-order chi connectivity index (χ1) is 34.8. The second-order valence-electron chi connectivity index (χ2n) is 19.0. The van der Waals surface area contributed by atoms with Gasteiger partial charge in [-0.15, -0.1) is 0 Å². The van der Waals surface area contributed by atoms with Crippen molar-refractivity contribution in [1.82, 2.24) is 16.0 Å². The lowest BCUT2D eigenvalue weighted by atomic mass is 9.94. The zero-order valence-corrected chi connectivity index (χ0v) is 40.6. The van der Waals surface area contributed by atoms with E-state index in [4.69, 9.17) is 52.1 Å². The predicted molar refractivity (Wildman–Crippen MR) is 231 cm³/mol. The predicted octanol–water partition coefficient (Wildman–Crippen LogP) is -11.6. The zero-order chi connectivity index (χ0) is 54.8. The fraction of sp³-hybridized carbons (Fsp3) is 0.929. The smallest absolute Gasteiger partial charge is 0.217 e. The highest BCUT2D eigenvalue weighted by atomic mass is 16.8. The molecular weight excluding hydrogens is 1010 g/mol. The number of carbonyl (C=O) groups is 3. The average molecular weight is 1080 g/mol. The van der Waals surface area contributed by atoms with Crippen LogP contribution in [0.25, 0.3) is 0 Å². The molecule has 428 valence electrons. The third-order valence-corrected chi connectivity index (χ3v) is 13.5. The SMILES string of the molecule is CC(=O)N[C@@H]1[C@@H](O[C@@H]2O[C@H](CO[C@@H]3O[C@H](CO)[C@@H](O[C@@H]4O[C@@H](C)[C@@H](O)[C@@H](O)[C@@H]4O)[C@H](O)[C@H]3NC(C)=O)[C@H](O)[C@H](O)[C@H]2O)[C@@H](O)[C@@H](CO[C@@H]2O[C@H](CO)[C@@H](O[C@@H]3O[C@@H](C)[C@@H](O)[C@@H](O)[C@@H]3O)[C@H](O)[C@H]2NC(C)=O)O[C@@H]1O. The molecule has 3 amide bonds. The quantitative estimate of drug-likeness (QED) is 0.0643. The van der Waals surface area contributed by atoms with E-state index in [1.54, 1.807) is 0 Å². The lowest BCUT2D eigenvalue weighted by molar-refractivity contribution is -0.360. The summed E-state index contributed by atoms with van der Waals surface area (Å²) in [6, 6.07) is -4.76. The Morgan fingerprint density at radius 2 is 0.716 bits per heavy atom. The molecule has 0 aromatic heterocycles. The minimum absolute atomic E-state index is 0.734. The molecular formula is C42H71N3O29. The Kier molecular flexibility index (Phi) is 21.2. The number of hydrogen-bond donors (Lipinski definition) is 18. The third kappa shape index (κ3) is 13.4. The highest BCUT2D eigenvalue weighted by Gasteiger charge is 2.56. The molecule has 6 saturated heterocycles. The van der Waals surface area contributed by atoms with Crippen LogP contribution >= 0.6 is 0 Å². The van der Waals surface area contributed by atoms with Crippen LogP contribution in [0.4, 0.5) is 0 Å². The van der Waals surface area contributed by atoms with Crippen molar-refractivity contribution in [3.8, 4) is 0 Å². The largest absolute Gasteiger partial charge is 0.394 e. The first-order valence-electron chi connectivity index (χ1n) is 23.8. The number of nitrogens with one attached hydrogen (secondary N) is 3. The van der Waals surface area contributed by atoms with Crippen LogP contribution in [0.15, 0.2) is 0 Å². The van der Waals surface area contributed by atoms with Gasteiger partial charge in [0.15, 0.2) is 37.7 Å². The molecule has 0 unspecified atom stereocenters. The molecule has 0 aromatic rings. The van der Waals surface area contributed by atoms with Crippen LogP contribution in [0, 0.1) is 0 Å². The number of rotatable bonds is 17. The summed E-state index contributed by atoms with van der Waals surface area (Å²) in [7, 11) is 0. The van der Waals surface area contributed by atoms with Gasteiger partial charge in [-0.2, -0.15) is 0 Å². The molecule has 30 atom stereocenters. The van der Waals surface area contributed by atoms with Gasteiger partial charge in [-0.05, 0) is 13.8 Å². The molecule has 6 fully saturated rings. The normalized spacial score (nSPS) is 49.1. The summed E-state index contributed by atoms with van der Waals surface area (Å²) in [6.45, 7) is 2.57. The maximum atomic E-state index is 12.4. The molecule has 0 bridgehead atoms. The molecule has 6 rings (SSSR count).